The lowest BCUT2D eigenvalue weighted by Gasteiger charge is -2.14. The summed E-state index contributed by atoms with van der Waals surface area (Å²) in [6.45, 7) is 3.55. The second kappa shape index (κ2) is 6.07. The van der Waals surface area contributed by atoms with Crippen LogP contribution in [0.15, 0.2) is 71.1 Å². The van der Waals surface area contributed by atoms with Crippen LogP contribution in [-0.2, 0) is 14.8 Å². The first kappa shape index (κ1) is 17.5. The van der Waals surface area contributed by atoms with Gasteiger partial charge in [-0.25, -0.2) is 21.7 Å². The monoisotopic (exact) mass is 402 g/mol. The van der Waals surface area contributed by atoms with Gasteiger partial charge >= 0.3 is 0 Å². The maximum atomic E-state index is 13.1. The topological polar surface area (TPSA) is 76.5 Å². The molecular formula is C18H11FN2O4S2. The van der Waals surface area contributed by atoms with Crippen LogP contribution in [0.2, 0.25) is 0 Å². The number of carbonyl (C=O) groups excluding carboxylic acids is 2. The lowest BCUT2D eigenvalue weighted by Crippen LogP contribution is -2.27. The van der Waals surface area contributed by atoms with Gasteiger partial charge in [-0.3, -0.25) is 9.59 Å². The summed E-state index contributed by atoms with van der Waals surface area (Å²) in [4.78, 5) is 25.4. The van der Waals surface area contributed by atoms with Crippen molar-refractivity contribution in [3.63, 3.8) is 0 Å². The van der Waals surface area contributed by atoms with E-state index in [4.69, 9.17) is 0 Å². The van der Waals surface area contributed by atoms with E-state index in [-0.39, 0.29) is 15.5 Å². The number of amides is 2. The zero-order valence-electron chi connectivity index (χ0n) is 13.6. The van der Waals surface area contributed by atoms with E-state index in [2.05, 4.69) is 6.58 Å². The van der Waals surface area contributed by atoms with Gasteiger partial charge in [-0.2, -0.15) is 0 Å². The van der Waals surface area contributed by atoms with Crippen molar-refractivity contribution < 1.29 is 22.4 Å². The number of aromatic nitrogens is 1. The average molecular weight is 402 g/mol. The molecule has 0 unspecified atom stereocenters. The van der Waals surface area contributed by atoms with Crippen molar-refractivity contribution in [3.8, 4) is 0 Å². The summed E-state index contributed by atoms with van der Waals surface area (Å²) < 4.78 is 40.0. The fraction of sp³-hybridized carbons (Fsp3) is 0. The molecule has 0 N–H and O–H groups in total. The van der Waals surface area contributed by atoms with Crippen LogP contribution < -0.4 is 4.90 Å². The maximum absolute atomic E-state index is 13.1. The number of rotatable bonds is 3. The molecule has 1 aliphatic heterocycles. The highest BCUT2D eigenvalue weighted by molar-refractivity contribution is 8.18. The van der Waals surface area contributed by atoms with E-state index in [0.717, 1.165) is 32.8 Å². The molecule has 2 aromatic carbocycles. The Kier molecular flexibility index (Phi) is 3.93. The van der Waals surface area contributed by atoms with Gasteiger partial charge < -0.3 is 0 Å². The van der Waals surface area contributed by atoms with Gasteiger partial charge in [0.2, 0.25) is 0 Å². The molecule has 0 radical (unpaired) electrons. The zero-order valence-corrected chi connectivity index (χ0v) is 15.3. The number of hydrogen-bond acceptors (Lipinski definition) is 5. The van der Waals surface area contributed by atoms with Crippen LogP contribution in [-0.4, -0.2) is 23.5 Å². The number of imide groups is 1. The van der Waals surface area contributed by atoms with E-state index in [9.17, 15) is 22.4 Å². The molecule has 1 aliphatic rings. The first-order valence-corrected chi connectivity index (χ1v) is 9.93. The van der Waals surface area contributed by atoms with Crippen LogP contribution in [0.1, 0.15) is 0 Å². The second-order valence-electron chi connectivity index (χ2n) is 5.71. The minimum Gasteiger partial charge on any atom is -0.268 e. The van der Waals surface area contributed by atoms with E-state index < -0.39 is 27.0 Å². The summed E-state index contributed by atoms with van der Waals surface area (Å²) in [5.41, 5.74) is 0.571. The smallest absolute Gasteiger partial charge is 0.268 e. The Bertz CT molecular complexity index is 1230. The van der Waals surface area contributed by atoms with E-state index in [1.165, 1.54) is 24.4 Å². The van der Waals surface area contributed by atoms with Crippen LogP contribution in [0.5, 0.6) is 0 Å². The summed E-state index contributed by atoms with van der Waals surface area (Å²) in [5, 5.41) is -0.0770. The fourth-order valence-corrected chi connectivity index (χ4v) is 4.87. The molecular weight excluding hydrogens is 391 g/mol. The molecule has 27 heavy (non-hydrogen) atoms. The summed E-state index contributed by atoms with van der Waals surface area (Å²) in [6, 6.07) is 10.7. The second-order valence-corrected chi connectivity index (χ2v) is 8.57. The Balaban J connectivity index is 1.89. The summed E-state index contributed by atoms with van der Waals surface area (Å²) >= 11 is 0.733. The van der Waals surface area contributed by atoms with Gasteiger partial charge in [0, 0.05) is 11.6 Å². The van der Waals surface area contributed by atoms with Gasteiger partial charge in [-0.05, 0) is 54.2 Å². The Morgan fingerprint density at radius 2 is 1.70 bits per heavy atom. The lowest BCUT2D eigenvalue weighted by atomic mass is 10.2. The molecule has 1 saturated heterocycles. The van der Waals surface area contributed by atoms with Crippen LogP contribution in [0, 0.1) is 5.82 Å². The van der Waals surface area contributed by atoms with Gasteiger partial charge in [-0.1, -0.05) is 12.6 Å². The molecule has 0 aliphatic carbocycles. The highest BCUT2D eigenvalue weighted by atomic mass is 32.2. The van der Waals surface area contributed by atoms with Crippen molar-refractivity contribution >= 4 is 49.5 Å². The molecule has 9 heteroatoms. The zero-order chi connectivity index (χ0) is 19.3. The van der Waals surface area contributed by atoms with Gasteiger partial charge in [-0.15, -0.1) is 0 Å². The molecule has 6 nitrogen and oxygen atoms in total. The van der Waals surface area contributed by atoms with Crippen LogP contribution >= 0.6 is 11.8 Å². The van der Waals surface area contributed by atoms with Gasteiger partial charge in [0.15, 0.2) is 0 Å². The van der Waals surface area contributed by atoms with Crippen LogP contribution in [0.25, 0.3) is 10.9 Å². The van der Waals surface area contributed by atoms with Crippen LogP contribution in [0.3, 0.4) is 0 Å². The predicted octanol–water partition coefficient (Wildman–Crippen LogP) is 3.73. The Labute approximate surface area is 157 Å². The third kappa shape index (κ3) is 2.66. The Hall–Kier alpha value is -2.91. The molecule has 3 aromatic rings. The molecule has 0 bridgehead atoms. The lowest BCUT2D eigenvalue weighted by molar-refractivity contribution is -0.113. The number of thioether (sulfide) groups is 1. The first-order chi connectivity index (χ1) is 12.8. The molecule has 1 fully saturated rings. The molecule has 0 atom stereocenters. The number of nitrogens with zero attached hydrogens (tertiary/aromatic N) is 2. The van der Waals surface area contributed by atoms with E-state index in [1.54, 1.807) is 18.2 Å². The number of halogens is 1. The highest BCUT2D eigenvalue weighted by Gasteiger charge is 2.36. The Morgan fingerprint density at radius 3 is 2.33 bits per heavy atom. The third-order valence-electron chi connectivity index (χ3n) is 4.12. The molecule has 136 valence electrons. The summed E-state index contributed by atoms with van der Waals surface area (Å²) in [6.07, 6.45) is 1.33. The van der Waals surface area contributed by atoms with Gasteiger partial charge in [0.1, 0.15) is 5.82 Å². The molecule has 4 rings (SSSR count). The Morgan fingerprint density at radius 1 is 1.00 bits per heavy atom. The highest BCUT2D eigenvalue weighted by Crippen LogP contribution is 2.37. The molecule has 0 saturated carbocycles. The number of carbonyl (C=O) groups is 2. The molecule has 1 aromatic heterocycles. The van der Waals surface area contributed by atoms with Gasteiger partial charge in [0.25, 0.3) is 21.2 Å². The number of benzene rings is 2. The third-order valence-corrected chi connectivity index (χ3v) is 6.60. The summed E-state index contributed by atoms with van der Waals surface area (Å²) in [7, 11) is -3.98. The van der Waals surface area contributed by atoms with Gasteiger partial charge in [0.05, 0.1) is 21.0 Å². The quantitative estimate of drug-likeness (QED) is 0.624. The largest absolute Gasteiger partial charge is 0.298 e. The van der Waals surface area contributed by atoms with E-state index in [1.807, 2.05) is 0 Å². The predicted molar refractivity (Wildman–Crippen MR) is 101 cm³/mol. The van der Waals surface area contributed by atoms with E-state index in [0.29, 0.717) is 10.9 Å². The van der Waals surface area contributed by atoms with Crippen molar-refractivity contribution in [2.24, 2.45) is 0 Å². The average Bonchev–Trinajstić information content (AvgIpc) is 3.17. The first-order valence-electron chi connectivity index (χ1n) is 7.67. The number of fused-ring (bicyclic) bond motifs is 1. The fourth-order valence-electron chi connectivity index (χ4n) is 2.86. The normalized spacial score (nSPS) is 15.1. The van der Waals surface area contributed by atoms with Crippen molar-refractivity contribution in [1.29, 1.82) is 0 Å². The minimum absolute atomic E-state index is 0.0796. The van der Waals surface area contributed by atoms with E-state index >= 15 is 0 Å². The number of anilines is 1. The number of hydrogen-bond donors (Lipinski definition) is 0. The molecule has 2 heterocycles. The van der Waals surface area contributed by atoms with Crippen molar-refractivity contribution in [1.82, 2.24) is 3.97 Å². The standard InChI is InChI=1S/C18H11FN2O4S2/c1-11-17(22)21(18(23)26-11)16-4-2-3-15-14(16)9-10-20(15)27(24,25)13-7-5-12(19)6-8-13/h2-10H,1H2. The van der Waals surface area contributed by atoms with Crippen molar-refractivity contribution in [3.05, 3.63) is 72.0 Å². The van der Waals surface area contributed by atoms with Crippen molar-refractivity contribution in [2.45, 2.75) is 4.90 Å². The maximum Gasteiger partial charge on any atom is 0.298 e. The molecule has 2 amide bonds. The summed E-state index contributed by atoms with van der Waals surface area (Å²) in [5.74, 6) is -1.08. The molecule has 0 spiro atoms. The minimum atomic E-state index is -3.98. The SMILES string of the molecule is C=C1SC(=O)N(c2cccc3c2ccn3S(=O)(=O)c2ccc(F)cc2)C1=O. The van der Waals surface area contributed by atoms with Crippen LogP contribution in [0.4, 0.5) is 14.9 Å². The van der Waals surface area contributed by atoms with Crippen molar-refractivity contribution in [2.75, 3.05) is 4.90 Å².